The van der Waals surface area contributed by atoms with Gasteiger partial charge in [-0.25, -0.2) is 0 Å². The van der Waals surface area contributed by atoms with Gasteiger partial charge in [0, 0.05) is 24.5 Å². The minimum atomic E-state index is 0.589. The predicted octanol–water partition coefficient (Wildman–Crippen LogP) is 2.21. The summed E-state index contributed by atoms with van der Waals surface area (Å²) in [6.07, 6.45) is 4.39. The van der Waals surface area contributed by atoms with Crippen LogP contribution < -0.4 is 10.2 Å². The maximum atomic E-state index is 4.20. The normalized spacial score (nSPS) is 19.8. The van der Waals surface area contributed by atoms with Gasteiger partial charge in [-0.2, -0.15) is 10.2 Å². The van der Waals surface area contributed by atoms with E-state index in [4.69, 9.17) is 0 Å². The minimum absolute atomic E-state index is 0.589. The van der Waals surface area contributed by atoms with Gasteiger partial charge >= 0.3 is 0 Å². The standard InChI is InChI=1S/C15H20N4/c1-2-16-12-6-5-9-19(11-12)15-10-17-18-14-8-4-3-7-13(14)15/h3-4,7-8,10,12,16H,2,5-6,9,11H2,1H3. The third-order valence-electron chi connectivity index (χ3n) is 3.78. The second-order valence-corrected chi connectivity index (χ2v) is 5.09. The summed E-state index contributed by atoms with van der Waals surface area (Å²) in [5.41, 5.74) is 2.19. The molecule has 19 heavy (non-hydrogen) atoms. The van der Waals surface area contributed by atoms with Gasteiger partial charge in [-0.15, -0.1) is 0 Å². The maximum absolute atomic E-state index is 4.20. The maximum Gasteiger partial charge on any atom is 0.0950 e. The van der Waals surface area contributed by atoms with Crippen LogP contribution in [-0.4, -0.2) is 35.9 Å². The molecular formula is C15H20N4. The Bertz CT molecular complexity index is 547. The third-order valence-corrected chi connectivity index (χ3v) is 3.78. The first-order valence-electron chi connectivity index (χ1n) is 7.07. The van der Waals surface area contributed by atoms with Crippen LogP contribution >= 0.6 is 0 Å². The lowest BCUT2D eigenvalue weighted by atomic mass is 10.0. The highest BCUT2D eigenvalue weighted by Crippen LogP contribution is 2.26. The Morgan fingerprint density at radius 3 is 3.16 bits per heavy atom. The molecular weight excluding hydrogens is 236 g/mol. The lowest BCUT2D eigenvalue weighted by molar-refractivity contribution is 0.431. The molecule has 4 nitrogen and oxygen atoms in total. The average Bonchev–Trinajstić information content (AvgIpc) is 2.47. The third kappa shape index (κ3) is 2.54. The van der Waals surface area contributed by atoms with E-state index in [1.165, 1.54) is 23.9 Å². The molecule has 1 aromatic carbocycles. The summed E-state index contributed by atoms with van der Waals surface area (Å²) in [6, 6.07) is 8.83. The average molecular weight is 256 g/mol. The van der Waals surface area contributed by atoms with E-state index in [1.54, 1.807) is 0 Å². The van der Waals surface area contributed by atoms with Crippen molar-refractivity contribution in [3.63, 3.8) is 0 Å². The Kier molecular flexibility index (Phi) is 3.60. The van der Waals surface area contributed by atoms with Gasteiger partial charge in [0.15, 0.2) is 0 Å². The molecule has 1 saturated heterocycles. The second kappa shape index (κ2) is 5.53. The molecule has 1 atom stereocenters. The molecule has 0 spiro atoms. The lowest BCUT2D eigenvalue weighted by Crippen LogP contribution is -2.45. The van der Waals surface area contributed by atoms with Crippen molar-refractivity contribution in [3.8, 4) is 0 Å². The van der Waals surface area contributed by atoms with E-state index in [0.29, 0.717) is 6.04 Å². The molecule has 4 heteroatoms. The van der Waals surface area contributed by atoms with Gasteiger partial charge in [0.2, 0.25) is 0 Å². The highest BCUT2D eigenvalue weighted by Gasteiger charge is 2.20. The van der Waals surface area contributed by atoms with Crippen LogP contribution in [0.15, 0.2) is 30.5 Å². The first-order chi connectivity index (χ1) is 9.38. The number of hydrogen-bond donors (Lipinski definition) is 1. The second-order valence-electron chi connectivity index (χ2n) is 5.09. The molecule has 0 aliphatic carbocycles. The zero-order valence-corrected chi connectivity index (χ0v) is 11.3. The fraction of sp³-hybridized carbons (Fsp3) is 0.467. The van der Waals surface area contributed by atoms with E-state index in [1.807, 2.05) is 18.3 Å². The van der Waals surface area contributed by atoms with Crippen molar-refractivity contribution >= 4 is 16.6 Å². The summed E-state index contributed by atoms with van der Waals surface area (Å²) < 4.78 is 0. The van der Waals surface area contributed by atoms with Crippen LogP contribution in [0.3, 0.4) is 0 Å². The van der Waals surface area contributed by atoms with Crippen LogP contribution in [0.2, 0.25) is 0 Å². The number of hydrogen-bond acceptors (Lipinski definition) is 4. The summed E-state index contributed by atoms with van der Waals surface area (Å²) in [5, 5.41) is 13.1. The smallest absolute Gasteiger partial charge is 0.0950 e. The Labute approximate surface area is 113 Å². The number of nitrogens with one attached hydrogen (secondary N) is 1. The summed E-state index contributed by atoms with van der Waals surface area (Å²) >= 11 is 0. The van der Waals surface area contributed by atoms with Crippen molar-refractivity contribution in [1.82, 2.24) is 15.5 Å². The summed E-state index contributed by atoms with van der Waals surface area (Å²) in [4.78, 5) is 2.44. The van der Waals surface area contributed by atoms with Crippen molar-refractivity contribution < 1.29 is 0 Å². The highest BCUT2D eigenvalue weighted by atomic mass is 15.2. The molecule has 2 heterocycles. The molecule has 1 N–H and O–H groups in total. The van der Waals surface area contributed by atoms with Crippen molar-refractivity contribution in [3.05, 3.63) is 30.5 Å². The van der Waals surface area contributed by atoms with E-state index in [9.17, 15) is 0 Å². The van der Waals surface area contributed by atoms with Crippen LogP contribution in [0.4, 0.5) is 5.69 Å². The lowest BCUT2D eigenvalue weighted by Gasteiger charge is -2.35. The van der Waals surface area contributed by atoms with E-state index >= 15 is 0 Å². The SMILES string of the molecule is CCNC1CCCN(c2cnnc3ccccc23)C1. The molecule has 3 rings (SSSR count). The van der Waals surface area contributed by atoms with E-state index < -0.39 is 0 Å². The zero-order chi connectivity index (χ0) is 13.1. The van der Waals surface area contributed by atoms with Crippen LogP contribution in [-0.2, 0) is 0 Å². The Morgan fingerprint density at radius 2 is 2.26 bits per heavy atom. The summed E-state index contributed by atoms with van der Waals surface area (Å²) in [6.45, 7) is 5.37. The number of aromatic nitrogens is 2. The fourth-order valence-corrected chi connectivity index (χ4v) is 2.90. The summed E-state index contributed by atoms with van der Waals surface area (Å²) in [7, 11) is 0. The Hall–Kier alpha value is -1.68. The van der Waals surface area contributed by atoms with Gasteiger partial charge in [-0.05, 0) is 25.5 Å². The van der Waals surface area contributed by atoms with Crippen LogP contribution in [0, 0.1) is 0 Å². The van der Waals surface area contributed by atoms with Crippen molar-refractivity contribution in [1.29, 1.82) is 0 Å². The van der Waals surface area contributed by atoms with Crippen LogP contribution in [0.25, 0.3) is 10.9 Å². The molecule has 1 aliphatic rings. The number of rotatable bonds is 3. The van der Waals surface area contributed by atoms with Gasteiger partial charge in [0.05, 0.1) is 17.4 Å². The minimum Gasteiger partial charge on any atom is -0.368 e. The molecule has 2 aromatic rings. The zero-order valence-electron chi connectivity index (χ0n) is 11.3. The number of anilines is 1. The molecule has 0 saturated carbocycles. The van der Waals surface area contributed by atoms with Crippen molar-refractivity contribution in [2.45, 2.75) is 25.8 Å². The molecule has 1 aromatic heterocycles. The number of nitrogens with zero attached hydrogens (tertiary/aromatic N) is 3. The number of piperidine rings is 1. The van der Waals surface area contributed by atoms with E-state index in [0.717, 1.165) is 25.2 Å². The quantitative estimate of drug-likeness (QED) is 0.914. The first kappa shape index (κ1) is 12.4. The molecule has 100 valence electrons. The van der Waals surface area contributed by atoms with Gasteiger partial charge in [-0.3, -0.25) is 0 Å². The fourth-order valence-electron chi connectivity index (χ4n) is 2.90. The molecule has 0 radical (unpaired) electrons. The Balaban J connectivity index is 1.91. The van der Waals surface area contributed by atoms with E-state index in [-0.39, 0.29) is 0 Å². The number of fused-ring (bicyclic) bond motifs is 1. The first-order valence-corrected chi connectivity index (χ1v) is 7.07. The van der Waals surface area contributed by atoms with Crippen LogP contribution in [0.1, 0.15) is 19.8 Å². The van der Waals surface area contributed by atoms with Crippen molar-refractivity contribution in [2.24, 2.45) is 0 Å². The molecule has 0 bridgehead atoms. The summed E-state index contributed by atoms with van der Waals surface area (Å²) in [5.74, 6) is 0. The van der Waals surface area contributed by atoms with Gasteiger partial charge < -0.3 is 10.2 Å². The molecule has 1 aliphatic heterocycles. The topological polar surface area (TPSA) is 41.0 Å². The monoisotopic (exact) mass is 256 g/mol. The van der Waals surface area contributed by atoms with E-state index in [2.05, 4.69) is 39.5 Å². The Morgan fingerprint density at radius 1 is 1.37 bits per heavy atom. The van der Waals surface area contributed by atoms with Crippen molar-refractivity contribution in [2.75, 3.05) is 24.5 Å². The predicted molar refractivity (Wildman–Crippen MR) is 78.4 cm³/mol. The number of likely N-dealkylation sites (N-methyl/N-ethyl adjacent to an activating group) is 1. The largest absolute Gasteiger partial charge is 0.368 e. The van der Waals surface area contributed by atoms with Gasteiger partial charge in [-0.1, -0.05) is 25.1 Å². The highest BCUT2D eigenvalue weighted by molar-refractivity contribution is 5.90. The molecule has 1 fully saturated rings. The van der Waals surface area contributed by atoms with Gasteiger partial charge in [0.1, 0.15) is 0 Å². The number of benzene rings is 1. The molecule has 1 unspecified atom stereocenters. The molecule has 0 amide bonds. The van der Waals surface area contributed by atoms with Crippen LogP contribution in [0.5, 0.6) is 0 Å². The van der Waals surface area contributed by atoms with Gasteiger partial charge in [0.25, 0.3) is 0 Å².